The Hall–Kier alpha value is -4.16. The monoisotopic (exact) mass is 454 g/mol. The number of benzene rings is 3. The lowest BCUT2D eigenvalue weighted by Gasteiger charge is -2.09. The third-order valence-corrected chi connectivity index (χ3v) is 5.48. The zero-order chi connectivity index (χ0) is 22.8. The number of ether oxygens (including phenoxy) is 1. The lowest BCUT2D eigenvalue weighted by molar-refractivity contribution is 0.101. The molecule has 3 aromatic carbocycles. The molecule has 0 saturated heterocycles. The average molecular weight is 455 g/mol. The summed E-state index contributed by atoms with van der Waals surface area (Å²) in [5, 5.41) is 3.83. The van der Waals surface area contributed by atoms with Gasteiger partial charge in [-0.1, -0.05) is 60.1 Å². The number of nitrogens with one attached hydrogen (secondary N) is 1. The molecule has 1 amide bonds. The molecule has 0 bridgehead atoms. The molecule has 0 aliphatic heterocycles. The topological polar surface area (TPSA) is 69.0 Å². The molecule has 1 N–H and O–H groups in total. The van der Waals surface area contributed by atoms with Crippen LogP contribution in [0.1, 0.15) is 10.5 Å². The van der Waals surface area contributed by atoms with E-state index in [1.165, 1.54) is 0 Å². The van der Waals surface area contributed by atoms with Gasteiger partial charge in [0.05, 0.1) is 5.39 Å². The second kappa shape index (κ2) is 8.76. The Labute approximate surface area is 195 Å². The Bertz CT molecular complexity index is 1430. The number of amides is 1. The molecule has 0 spiro atoms. The molecule has 0 fully saturated rings. The highest BCUT2D eigenvalue weighted by Gasteiger charge is 2.18. The summed E-state index contributed by atoms with van der Waals surface area (Å²) in [6.07, 6.45) is 0. The third-order valence-electron chi connectivity index (χ3n) is 5.19. The maximum atomic E-state index is 13.0. The van der Waals surface area contributed by atoms with Gasteiger partial charge in [-0.25, -0.2) is 9.97 Å². The van der Waals surface area contributed by atoms with Gasteiger partial charge in [-0.2, -0.15) is 0 Å². The minimum atomic E-state index is -0.274. The fourth-order valence-electron chi connectivity index (χ4n) is 3.52. The van der Waals surface area contributed by atoms with Gasteiger partial charge in [-0.05, 0) is 42.5 Å². The van der Waals surface area contributed by atoms with Crippen molar-refractivity contribution in [1.29, 1.82) is 0 Å². The number of anilines is 1. The standard InChI is InChI=1S/C26H19ClN4O2/c1-31-22(16-21-23(27)29-24(30-25(21)31)17-8-4-2-5-9-17)26(32)28-18-12-14-20(15-13-18)33-19-10-6-3-7-11-19/h2-16H,1H3,(H,28,32). The van der Waals surface area contributed by atoms with Gasteiger partial charge in [0.25, 0.3) is 5.91 Å². The quantitative estimate of drug-likeness (QED) is 0.315. The van der Waals surface area contributed by atoms with Gasteiger partial charge in [-0.15, -0.1) is 0 Å². The minimum absolute atomic E-state index is 0.274. The second-order valence-corrected chi connectivity index (χ2v) is 7.78. The van der Waals surface area contributed by atoms with Crippen molar-refractivity contribution in [2.75, 3.05) is 5.32 Å². The lowest BCUT2D eigenvalue weighted by atomic mass is 10.2. The number of rotatable bonds is 5. The Balaban J connectivity index is 1.38. The van der Waals surface area contributed by atoms with Gasteiger partial charge in [0.2, 0.25) is 0 Å². The summed E-state index contributed by atoms with van der Waals surface area (Å²) in [4.78, 5) is 22.0. The number of carbonyl (C=O) groups excluding carboxylic acids is 1. The number of hydrogen-bond acceptors (Lipinski definition) is 4. The van der Waals surface area contributed by atoms with Crippen molar-refractivity contribution < 1.29 is 9.53 Å². The highest BCUT2D eigenvalue weighted by molar-refractivity contribution is 6.34. The first-order valence-corrected chi connectivity index (χ1v) is 10.7. The van der Waals surface area contributed by atoms with Crippen molar-refractivity contribution in [1.82, 2.24) is 14.5 Å². The Morgan fingerprint density at radius 1 is 0.879 bits per heavy atom. The van der Waals surface area contributed by atoms with E-state index in [4.69, 9.17) is 16.3 Å². The highest BCUT2D eigenvalue weighted by Crippen LogP contribution is 2.28. The third kappa shape index (κ3) is 4.29. The first-order valence-electron chi connectivity index (χ1n) is 10.3. The summed E-state index contributed by atoms with van der Waals surface area (Å²) >= 11 is 6.44. The summed E-state index contributed by atoms with van der Waals surface area (Å²) in [5.41, 5.74) is 2.51. The smallest absolute Gasteiger partial charge is 0.272 e. The van der Waals surface area contributed by atoms with Gasteiger partial charge in [0.1, 0.15) is 28.0 Å². The molecule has 6 nitrogen and oxygen atoms in total. The zero-order valence-corrected chi connectivity index (χ0v) is 18.5. The normalized spacial score (nSPS) is 10.8. The van der Waals surface area contributed by atoms with Crippen molar-refractivity contribution >= 4 is 34.2 Å². The fourth-order valence-corrected chi connectivity index (χ4v) is 3.74. The molecule has 0 unspecified atom stereocenters. The lowest BCUT2D eigenvalue weighted by Crippen LogP contribution is -2.15. The Morgan fingerprint density at radius 2 is 1.52 bits per heavy atom. The molecule has 0 radical (unpaired) electrons. The predicted molar refractivity (Wildman–Crippen MR) is 130 cm³/mol. The van der Waals surface area contributed by atoms with Crippen LogP contribution in [0.15, 0.2) is 91.0 Å². The van der Waals surface area contributed by atoms with Crippen LogP contribution >= 0.6 is 11.6 Å². The number of carbonyl (C=O) groups is 1. The Morgan fingerprint density at radius 3 is 2.21 bits per heavy atom. The molecule has 0 saturated carbocycles. The van der Waals surface area contributed by atoms with Crippen LogP contribution in [0.2, 0.25) is 5.15 Å². The molecule has 162 valence electrons. The average Bonchev–Trinajstić information content (AvgIpc) is 3.19. The summed E-state index contributed by atoms with van der Waals surface area (Å²) in [6.45, 7) is 0. The van der Waals surface area contributed by atoms with Gasteiger partial charge in [0, 0.05) is 18.3 Å². The van der Waals surface area contributed by atoms with Gasteiger partial charge >= 0.3 is 0 Å². The van der Waals surface area contributed by atoms with Crippen LogP contribution in [0.25, 0.3) is 22.4 Å². The summed E-state index contributed by atoms with van der Waals surface area (Å²) in [7, 11) is 1.78. The molecular formula is C26H19ClN4O2. The first kappa shape index (κ1) is 20.7. The van der Waals surface area contributed by atoms with E-state index in [9.17, 15) is 4.79 Å². The predicted octanol–water partition coefficient (Wildman–Crippen LogP) is 6.33. The molecule has 0 aliphatic carbocycles. The molecule has 0 atom stereocenters. The molecule has 2 heterocycles. The molecule has 7 heteroatoms. The number of aryl methyl sites for hydroxylation is 1. The van der Waals surface area contributed by atoms with Crippen LogP contribution in [0, 0.1) is 0 Å². The van der Waals surface area contributed by atoms with E-state index in [0.29, 0.717) is 39.1 Å². The van der Waals surface area contributed by atoms with Crippen LogP contribution in [0.3, 0.4) is 0 Å². The van der Waals surface area contributed by atoms with Crippen molar-refractivity contribution in [3.05, 3.63) is 102 Å². The maximum absolute atomic E-state index is 13.0. The van der Waals surface area contributed by atoms with E-state index in [2.05, 4.69) is 15.3 Å². The van der Waals surface area contributed by atoms with E-state index < -0.39 is 0 Å². The number of para-hydroxylation sites is 1. The van der Waals surface area contributed by atoms with E-state index in [-0.39, 0.29) is 5.91 Å². The first-order chi connectivity index (χ1) is 16.1. The molecule has 0 aliphatic rings. The summed E-state index contributed by atoms with van der Waals surface area (Å²) < 4.78 is 7.52. The molecule has 2 aromatic heterocycles. The Kier molecular flexibility index (Phi) is 5.50. The van der Waals surface area contributed by atoms with Crippen molar-refractivity contribution in [2.24, 2.45) is 7.05 Å². The number of aromatic nitrogens is 3. The SMILES string of the molecule is Cn1c(C(=O)Nc2ccc(Oc3ccccc3)cc2)cc2c(Cl)nc(-c3ccccc3)nc21. The highest BCUT2D eigenvalue weighted by atomic mass is 35.5. The van der Waals surface area contributed by atoms with E-state index >= 15 is 0 Å². The molecule has 33 heavy (non-hydrogen) atoms. The van der Waals surface area contributed by atoms with E-state index in [1.54, 1.807) is 41.9 Å². The number of fused-ring (bicyclic) bond motifs is 1. The van der Waals surface area contributed by atoms with E-state index in [0.717, 1.165) is 11.3 Å². The van der Waals surface area contributed by atoms with Crippen molar-refractivity contribution in [2.45, 2.75) is 0 Å². The number of nitrogens with zero attached hydrogens (tertiary/aromatic N) is 3. The van der Waals surface area contributed by atoms with E-state index in [1.807, 2.05) is 60.7 Å². The van der Waals surface area contributed by atoms with Gasteiger partial charge in [0.15, 0.2) is 5.82 Å². The minimum Gasteiger partial charge on any atom is -0.457 e. The van der Waals surface area contributed by atoms with Crippen molar-refractivity contribution in [3.63, 3.8) is 0 Å². The number of halogens is 1. The molecule has 5 rings (SSSR count). The maximum Gasteiger partial charge on any atom is 0.272 e. The fraction of sp³-hybridized carbons (Fsp3) is 0.0385. The molecule has 5 aromatic rings. The van der Waals surface area contributed by atoms with Crippen LogP contribution in [-0.2, 0) is 7.05 Å². The van der Waals surface area contributed by atoms with Crippen molar-refractivity contribution in [3.8, 4) is 22.9 Å². The second-order valence-electron chi connectivity index (χ2n) is 7.42. The number of hydrogen-bond donors (Lipinski definition) is 1. The van der Waals surface area contributed by atoms with Crippen LogP contribution < -0.4 is 10.1 Å². The van der Waals surface area contributed by atoms with Gasteiger partial charge < -0.3 is 14.6 Å². The summed E-state index contributed by atoms with van der Waals surface area (Å²) in [5.74, 6) is 1.66. The van der Waals surface area contributed by atoms with Crippen LogP contribution in [0.5, 0.6) is 11.5 Å². The van der Waals surface area contributed by atoms with Gasteiger partial charge in [-0.3, -0.25) is 4.79 Å². The largest absolute Gasteiger partial charge is 0.457 e. The molecular weight excluding hydrogens is 436 g/mol. The summed E-state index contributed by atoms with van der Waals surface area (Å²) in [6, 6.07) is 28.0. The van der Waals surface area contributed by atoms with Crippen LogP contribution in [0.4, 0.5) is 5.69 Å². The van der Waals surface area contributed by atoms with Crippen LogP contribution in [-0.4, -0.2) is 20.4 Å². The zero-order valence-electron chi connectivity index (χ0n) is 17.7.